The number of fused-ring (bicyclic) bond motifs is 2. The van der Waals surface area contributed by atoms with Gasteiger partial charge in [0.15, 0.2) is 11.5 Å². The number of aliphatic hydroxyl groups excluding tert-OH is 1. The highest BCUT2D eigenvalue weighted by Crippen LogP contribution is 2.33. The van der Waals surface area contributed by atoms with E-state index >= 15 is 0 Å². The molecule has 0 unspecified atom stereocenters. The molecule has 0 saturated heterocycles. The van der Waals surface area contributed by atoms with Crippen molar-refractivity contribution in [2.24, 2.45) is 5.92 Å². The van der Waals surface area contributed by atoms with Crippen molar-refractivity contribution in [1.29, 1.82) is 0 Å². The Balaban J connectivity index is 1.36. The van der Waals surface area contributed by atoms with Gasteiger partial charge in [-0.2, -0.15) is 0 Å². The Kier molecular flexibility index (Phi) is 12.2. The lowest BCUT2D eigenvalue weighted by Gasteiger charge is -2.36. The molecule has 4 atom stereocenters. The number of urea groups is 1. The van der Waals surface area contributed by atoms with Crippen molar-refractivity contribution in [2.75, 3.05) is 50.8 Å². The van der Waals surface area contributed by atoms with E-state index in [4.69, 9.17) is 18.9 Å². The summed E-state index contributed by atoms with van der Waals surface area (Å²) in [6.07, 6.45) is 2.26. The van der Waals surface area contributed by atoms with Crippen LogP contribution in [0.25, 0.3) is 0 Å². The van der Waals surface area contributed by atoms with Gasteiger partial charge in [-0.15, -0.1) is 0 Å². The number of aliphatic hydroxyl groups is 1. The van der Waals surface area contributed by atoms with Gasteiger partial charge in [-0.05, 0) is 88.2 Å². The summed E-state index contributed by atoms with van der Waals surface area (Å²) in [4.78, 5) is 31.1. The molecule has 2 aliphatic heterocycles. The first kappa shape index (κ1) is 35.0. The number of benzene rings is 3. The summed E-state index contributed by atoms with van der Waals surface area (Å²) in [7, 11) is 2.06. The summed E-state index contributed by atoms with van der Waals surface area (Å²) < 4.78 is 23.9. The van der Waals surface area contributed by atoms with Gasteiger partial charge in [0, 0.05) is 43.5 Å². The first-order chi connectivity index (χ1) is 23.2. The Morgan fingerprint density at radius 3 is 2.52 bits per heavy atom. The van der Waals surface area contributed by atoms with Gasteiger partial charge in [0.05, 0.1) is 30.4 Å². The SMILES string of the molecule is C[C@@H]1CCCCO[C@@H](CN(C)Cc2ccc3c(c2)OCO3)[C@@H](C)CN([C@@H](C)CO)C(=O)c2cc(NC(=O)Nc3ccccc3)ccc2O1. The zero-order valence-corrected chi connectivity index (χ0v) is 28.3. The number of ether oxygens (including phenoxy) is 4. The van der Waals surface area contributed by atoms with Crippen LogP contribution in [0.5, 0.6) is 17.2 Å². The predicted octanol–water partition coefficient (Wildman–Crippen LogP) is 5.99. The normalized spacial score (nSPS) is 20.8. The fraction of sp³-hybridized carbons (Fsp3) is 0.459. The second-order valence-corrected chi connectivity index (χ2v) is 12.8. The smallest absolute Gasteiger partial charge is 0.323 e. The van der Waals surface area contributed by atoms with E-state index in [-0.39, 0.29) is 37.4 Å². The lowest BCUT2D eigenvalue weighted by atomic mass is 10.0. The Hall–Kier alpha value is -4.32. The summed E-state index contributed by atoms with van der Waals surface area (Å²) in [6, 6.07) is 19.3. The highest BCUT2D eigenvalue weighted by molar-refractivity contribution is 6.02. The monoisotopic (exact) mass is 660 g/mol. The van der Waals surface area contributed by atoms with Crippen LogP contribution in [-0.2, 0) is 11.3 Å². The number of hydrogen-bond donors (Lipinski definition) is 3. The minimum absolute atomic E-state index is 0.0636. The number of likely N-dealkylation sites (N-methyl/N-ethyl adjacent to an activating group) is 1. The van der Waals surface area contributed by atoms with Crippen LogP contribution in [0.4, 0.5) is 16.2 Å². The molecule has 2 aliphatic rings. The summed E-state index contributed by atoms with van der Waals surface area (Å²) in [6.45, 7) is 8.21. The predicted molar refractivity (Wildman–Crippen MR) is 185 cm³/mol. The lowest BCUT2D eigenvalue weighted by molar-refractivity contribution is -0.0177. The van der Waals surface area contributed by atoms with Crippen LogP contribution in [0, 0.1) is 5.92 Å². The van der Waals surface area contributed by atoms with Crippen molar-refractivity contribution < 1.29 is 33.6 Å². The minimum atomic E-state index is -0.469. The van der Waals surface area contributed by atoms with Crippen LogP contribution in [0.1, 0.15) is 56.0 Å². The molecule has 0 radical (unpaired) electrons. The second-order valence-electron chi connectivity index (χ2n) is 12.8. The van der Waals surface area contributed by atoms with Gasteiger partial charge in [0.2, 0.25) is 6.79 Å². The molecule has 0 aromatic heterocycles. The summed E-state index contributed by atoms with van der Waals surface area (Å²) in [5, 5.41) is 15.9. The van der Waals surface area contributed by atoms with Crippen molar-refractivity contribution in [3.63, 3.8) is 0 Å². The molecule has 11 heteroatoms. The molecule has 3 N–H and O–H groups in total. The number of rotatable bonds is 8. The van der Waals surface area contributed by atoms with Crippen molar-refractivity contribution in [3.05, 3.63) is 77.9 Å². The van der Waals surface area contributed by atoms with Crippen molar-refractivity contribution in [1.82, 2.24) is 9.80 Å². The Labute approximate surface area is 283 Å². The van der Waals surface area contributed by atoms with E-state index in [2.05, 4.69) is 29.5 Å². The second kappa shape index (κ2) is 16.7. The van der Waals surface area contributed by atoms with Gasteiger partial charge < -0.3 is 39.6 Å². The number of amides is 3. The average molecular weight is 661 g/mol. The van der Waals surface area contributed by atoms with Gasteiger partial charge in [-0.25, -0.2) is 4.79 Å². The van der Waals surface area contributed by atoms with Gasteiger partial charge in [-0.1, -0.05) is 31.2 Å². The van der Waals surface area contributed by atoms with Crippen molar-refractivity contribution >= 4 is 23.3 Å². The molecular formula is C37H48N4O7. The maximum Gasteiger partial charge on any atom is 0.323 e. The molecule has 48 heavy (non-hydrogen) atoms. The van der Waals surface area contributed by atoms with E-state index < -0.39 is 12.1 Å². The molecule has 2 heterocycles. The average Bonchev–Trinajstić information content (AvgIpc) is 3.54. The fourth-order valence-electron chi connectivity index (χ4n) is 6.00. The van der Waals surface area contributed by atoms with E-state index in [9.17, 15) is 14.7 Å². The van der Waals surface area contributed by atoms with Gasteiger partial charge >= 0.3 is 6.03 Å². The number of nitrogens with one attached hydrogen (secondary N) is 2. The molecule has 5 rings (SSSR count). The van der Waals surface area contributed by atoms with E-state index in [0.29, 0.717) is 48.9 Å². The van der Waals surface area contributed by atoms with Crippen LogP contribution in [0.3, 0.4) is 0 Å². The molecule has 3 aromatic rings. The summed E-state index contributed by atoms with van der Waals surface area (Å²) >= 11 is 0. The molecule has 0 spiro atoms. The van der Waals surface area contributed by atoms with Crippen molar-refractivity contribution in [3.8, 4) is 17.2 Å². The first-order valence-electron chi connectivity index (χ1n) is 16.7. The van der Waals surface area contributed by atoms with E-state index in [0.717, 1.165) is 36.3 Å². The zero-order valence-electron chi connectivity index (χ0n) is 28.3. The molecule has 0 fully saturated rings. The summed E-state index contributed by atoms with van der Waals surface area (Å²) in [5.74, 6) is 1.60. The fourth-order valence-corrected chi connectivity index (χ4v) is 6.00. The van der Waals surface area contributed by atoms with Crippen LogP contribution < -0.4 is 24.8 Å². The molecule has 258 valence electrons. The molecule has 0 aliphatic carbocycles. The molecule has 3 amide bonds. The van der Waals surface area contributed by atoms with Crippen LogP contribution in [0.2, 0.25) is 0 Å². The van der Waals surface area contributed by atoms with E-state index in [1.54, 1.807) is 35.2 Å². The minimum Gasteiger partial charge on any atom is -0.490 e. The third-order valence-electron chi connectivity index (χ3n) is 8.72. The van der Waals surface area contributed by atoms with Crippen LogP contribution in [0.15, 0.2) is 66.7 Å². The van der Waals surface area contributed by atoms with Gasteiger partial charge in [0.1, 0.15) is 5.75 Å². The Bertz CT molecular complexity index is 1520. The molecule has 0 saturated carbocycles. The van der Waals surface area contributed by atoms with E-state index in [1.807, 2.05) is 50.2 Å². The summed E-state index contributed by atoms with van der Waals surface area (Å²) in [5.41, 5.74) is 2.52. The highest BCUT2D eigenvalue weighted by Gasteiger charge is 2.30. The topological polar surface area (TPSA) is 122 Å². The Morgan fingerprint density at radius 1 is 0.979 bits per heavy atom. The van der Waals surface area contributed by atoms with Crippen molar-refractivity contribution in [2.45, 2.75) is 64.8 Å². The number of hydrogen-bond acceptors (Lipinski definition) is 8. The molecule has 3 aromatic carbocycles. The van der Waals surface area contributed by atoms with E-state index in [1.165, 1.54) is 0 Å². The number of carbonyl (C=O) groups excluding carboxylic acids is 2. The van der Waals surface area contributed by atoms with Crippen LogP contribution in [-0.4, -0.2) is 85.2 Å². The third-order valence-corrected chi connectivity index (χ3v) is 8.72. The highest BCUT2D eigenvalue weighted by atomic mass is 16.7. The standard InChI is InChI=1S/C37H48N4O7/c1-25-20-41(26(2)23-42)36(43)31-19-30(39-37(44)38-29-11-6-5-7-12-29)14-16-32(31)48-27(3)10-8-9-17-45-35(25)22-40(4)21-28-13-15-33-34(18-28)47-24-46-33/h5-7,11-16,18-19,25-27,35,42H,8-10,17,20-24H2,1-4H3,(H2,38,39,44)/t25-,26-,27+,35-/m0/s1. The lowest BCUT2D eigenvalue weighted by Crippen LogP contribution is -2.47. The van der Waals surface area contributed by atoms with Gasteiger partial charge in [0.25, 0.3) is 5.91 Å². The number of para-hydroxylation sites is 1. The Morgan fingerprint density at radius 2 is 1.73 bits per heavy atom. The third kappa shape index (κ3) is 9.40. The largest absolute Gasteiger partial charge is 0.490 e. The maximum atomic E-state index is 14.4. The number of carbonyl (C=O) groups is 2. The quantitative estimate of drug-likeness (QED) is 0.270. The zero-order chi connectivity index (χ0) is 34.0. The molecular weight excluding hydrogens is 612 g/mol. The number of anilines is 2. The van der Waals surface area contributed by atoms with Crippen LogP contribution >= 0.6 is 0 Å². The molecule has 0 bridgehead atoms. The first-order valence-corrected chi connectivity index (χ1v) is 16.7. The maximum absolute atomic E-state index is 14.4. The number of nitrogens with zero attached hydrogens (tertiary/aromatic N) is 2. The molecule has 11 nitrogen and oxygen atoms in total. The van der Waals surface area contributed by atoms with Gasteiger partial charge in [-0.3, -0.25) is 9.69 Å².